The highest BCUT2D eigenvalue weighted by Gasteiger charge is 1.95. The molecule has 76 valence electrons. The summed E-state index contributed by atoms with van der Waals surface area (Å²) >= 11 is 0. The van der Waals surface area contributed by atoms with Crippen molar-refractivity contribution in [2.45, 2.75) is 13.0 Å². The smallest absolute Gasteiger partial charge is 0.116 e. The fourth-order valence-electron chi connectivity index (χ4n) is 1.41. The minimum Gasteiger partial charge on any atom is -0.489 e. The Kier molecular flexibility index (Phi) is 3.39. The molecule has 0 fully saturated rings. The summed E-state index contributed by atoms with van der Waals surface area (Å²) in [5.74, 6) is 0.948. The topological polar surface area (TPSA) is 9.23 Å². The molecule has 0 aliphatic heterocycles. The summed E-state index contributed by atoms with van der Waals surface area (Å²) in [5, 5.41) is 0. The van der Waals surface area contributed by atoms with Gasteiger partial charge in [0, 0.05) is 0 Å². The second kappa shape index (κ2) is 5.20. The summed E-state index contributed by atoms with van der Waals surface area (Å²) in [6.45, 7) is 0.636. The Balaban J connectivity index is 1.91. The van der Waals surface area contributed by atoms with E-state index in [1.807, 2.05) is 36.4 Å². The fraction of sp³-hybridized carbons (Fsp3) is 0.143. The predicted octanol–water partition coefficient (Wildman–Crippen LogP) is 3.60. The lowest BCUT2D eigenvalue weighted by atomic mass is 10.2. The zero-order valence-electron chi connectivity index (χ0n) is 8.60. The van der Waals surface area contributed by atoms with Crippen molar-refractivity contribution < 1.29 is 4.74 Å². The average Bonchev–Trinajstić information content (AvgIpc) is 2.56. The van der Waals surface area contributed by atoms with Gasteiger partial charge in [-0.1, -0.05) is 48.6 Å². The molecule has 15 heavy (non-hydrogen) atoms. The van der Waals surface area contributed by atoms with Gasteiger partial charge in [-0.15, -0.1) is 0 Å². The van der Waals surface area contributed by atoms with E-state index in [9.17, 15) is 0 Å². The minimum absolute atomic E-state index is 0.636. The maximum Gasteiger partial charge on any atom is 0.116 e. The Morgan fingerprint density at radius 1 is 1.07 bits per heavy atom. The van der Waals surface area contributed by atoms with Crippen LogP contribution in [0.25, 0.3) is 0 Å². The lowest BCUT2D eigenvalue weighted by molar-refractivity contribution is 0.210. The van der Waals surface area contributed by atoms with Crippen LogP contribution in [0.5, 0.6) is 0 Å². The van der Waals surface area contributed by atoms with Crippen LogP contribution >= 0.6 is 0 Å². The first-order valence-electron chi connectivity index (χ1n) is 5.15. The molecule has 1 heteroatoms. The molecule has 1 aromatic carbocycles. The first-order valence-corrected chi connectivity index (χ1v) is 5.15. The highest BCUT2D eigenvalue weighted by Crippen LogP contribution is 2.10. The van der Waals surface area contributed by atoms with Crippen molar-refractivity contribution in [3.63, 3.8) is 0 Å². The number of benzene rings is 1. The van der Waals surface area contributed by atoms with E-state index in [4.69, 9.17) is 4.74 Å². The molecule has 0 saturated heterocycles. The second-order valence-electron chi connectivity index (χ2n) is 3.40. The van der Waals surface area contributed by atoms with E-state index in [-0.39, 0.29) is 0 Å². The van der Waals surface area contributed by atoms with E-state index in [2.05, 4.69) is 24.3 Å². The van der Waals surface area contributed by atoms with Crippen LogP contribution in [0.3, 0.4) is 0 Å². The van der Waals surface area contributed by atoms with E-state index in [0.717, 1.165) is 12.2 Å². The number of rotatable bonds is 3. The van der Waals surface area contributed by atoms with Crippen molar-refractivity contribution in [2.24, 2.45) is 0 Å². The molecule has 1 aliphatic carbocycles. The summed E-state index contributed by atoms with van der Waals surface area (Å²) in [4.78, 5) is 0. The third kappa shape index (κ3) is 3.13. The quantitative estimate of drug-likeness (QED) is 0.721. The maximum atomic E-state index is 5.68. The lowest BCUT2D eigenvalue weighted by Crippen LogP contribution is -1.91. The SMILES string of the molecule is C1=CCC=C(OCc2ccccc2)C=C1. The van der Waals surface area contributed by atoms with Gasteiger partial charge < -0.3 is 4.74 Å². The molecular weight excluding hydrogens is 184 g/mol. The molecule has 2 rings (SSSR count). The lowest BCUT2D eigenvalue weighted by Gasteiger charge is -2.06. The number of hydrogen-bond donors (Lipinski definition) is 0. The second-order valence-corrected chi connectivity index (χ2v) is 3.40. The van der Waals surface area contributed by atoms with Gasteiger partial charge >= 0.3 is 0 Å². The van der Waals surface area contributed by atoms with Crippen molar-refractivity contribution >= 4 is 0 Å². The van der Waals surface area contributed by atoms with E-state index < -0.39 is 0 Å². The number of hydrogen-bond acceptors (Lipinski definition) is 1. The van der Waals surface area contributed by atoms with Gasteiger partial charge in [-0.05, 0) is 24.1 Å². The summed E-state index contributed by atoms with van der Waals surface area (Å²) in [7, 11) is 0. The van der Waals surface area contributed by atoms with Crippen LogP contribution in [-0.2, 0) is 11.3 Å². The van der Waals surface area contributed by atoms with Gasteiger partial charge in [0.1, 0.15) is 12.4 Å². The Morgan fingerprint density at radius 2 is 1.93 bits per heavy atom. The van der Waals surface area contributed by atoms with Crippen molar-refractivity contribution in [3.8, 4) is 0 Å². The van der Waals surface area contributed by atoms with E-state index in [1.54, 1.807) is 0 Å². The van der Waals surface area contributed by atoms with Crippen LogP contribution in [0, 0.1) is 0 Å². The fourth-order valence-corrected chi connectivity index (χ4v) is 1.41. The van der Waals surface area contributed by atoms with Gasteiger partial charge in [0.25, 0.3) is 0 Å². The molecule has 0 unspecified atom stereocenters. The molecule has 0 aromatic heterocycles. The minimum atomic E-state index is 0.636. The molecule has 1 aliphatic rings. The Morgan fingerprint density at radius 3 is 2.80 bits per heavy atom. The van der Waals surface area contributed by atoms with Crippen molar-refractivity contribution in [3.05, 3.63) is 72.0 Å². The zero-order valence-corrected chi connectivity index (χ0v) is 8.60. The summed E-state index contributed by atoms with van der Waals surface area (Å²) in [5.41, 5.74) is 1.20. The van der Waals surface area contributed by atoms with Gasteiger partial charge in [0.2, 0.25) is 0 Å². The summed E-state index contributed by atoms with van der Waals surface area (Å²) < 4.78 is 5.68. The Labute approximate surface area is 90.4 Å². The Hall–Kier alpha value is -1.76. The molecule has 0 amide bonds. The molecule has 1 aromatic rings. The molecule has 0 heterocycles. The van der Waals surface area contributed by atoms with E-state index in [1.165, 1.54) is 5.56 Å². The monoisotopic (exact) mass is 198 g/mol. The Bertz CT molecular complexity index is 385. The summed E-state index contributed by atoms with van der Waals surface area (Å²) in [6, 6.07) is 10.2. The summed E-state index contributed by atoms with van der Waals surface area (Å²) in [6.07, 6.45) is 11.2. The maximum absolute atomic E-state index is 5.68. The van der Waals surface area contributed by atoms with Crippen LogP contribution in [-0.4, -0.2) is 0 Å². The van der Waals surface area contributed by atoms with Gasteiger partial charge in [0.05, 0.1) is 0 Å². The highest BCUT2D eigenvalue weighted by molar-refractivity contribution is 5.22. The molecule has 0 radical (unpaired) electrons. The van der Waals surface area contributed by atoms with Crippen LogP contribution in [0.1, 0.15) is 12.0 Å². The molecule has 0 bridgehead atoms. The molecule has 0 N–H and O–H groups in total. The predicted molar refractivity (Wildman–Crippen MR) is 62.2 cm³/mol. The van der Waals surface area contributed by atoms with Gasteiger partial charge in [-0.25, -0.2) is 0 Å². The van der Waals surface area contributed by atoms with E-state index in [0.29, 0.717) is 6.61 Å². The number of ether oxygens (including phenoxy) is 1. The highest BCUT2D eigenvalue weighted by atomic mass is 16.5. The van der Waals surface area contributed by atoms with Crippen LogP contribution in [0.15, 0.2) is 66.5 Å². The van der Waals surface area contributed by atoms with Crippen molar-refractivity contribution in [1.29, 1.82) is 0 Å². The van der Waals surface area contributed by atoms with Crippen LogP contribution in [0.4, 0.5) is 0 Å². The number of allylic oxidation sites excluding steroid dienone is 5. The molecule has 0 spiro atoms. The zero-order chi connectivity index (χ0) is 10.3. The van der Waals surface area contributed by atoms with Crippen molar-refractivity contribution in [2.75, 3.05) is 0 Å². The van der Waals surface area contributed by atoms with Gasteiger partial charge in [-0.2, -0.15) is 0 Å². The third-order valence-corrected chi connectivity index (χ3v) is 2.21. The third-order valence-electron chi connectivity index (χ3n) is 2.21. The molecule has 0 atom stereocenters. The van der Waals surface area contributed by atoms with Gasteiger partial charge in [-0.3, -0.25) is 0 Å². The van der Waals surface area contributed by atoms with Crippen molar-refractivity contribution in [1.82, 2.24) is 0 Å². The first-order chi connectivity index (χ1) is 7.45. The largest absolute Gasteiger partial charge is 0.489 e. The average molecular weight is 198 g/mol. The molecule has 1 nitrogen and oxygen atoms in total. The normalized spacial score (nSPS) is 14.5. The van der Waals surface area contributed by atoms with Crippen LogP contribution in [0.2, 0.25) is 0 Å². The van der Waals surface area contributed by atoms with Crippen LogP contribution < -0.4 is 0 Å². The van der Waals surface area contributed by atoms with E-state index >= 15 is 0 Å². The standard InChI is InChI=1S/C14H14O/c1-2-7-11-14(10-6-1)15-12-13-8-4-3-5-9-13/h1-6,8-11H,7,12H2. The first kappa shape index (κ1) is 9.78. The van der Waals surface area contributed by atoms with Gasteiger partial charge in [0.15, 0.2) is 0 Å². The molecule has 0 saturated carbocycles. The molecular formula is C14H14O.